The van der Waals surface area contributed by atoms with E-state index in [9.17, 15) is 0 Å². The molecule has 0 spiro atoms. The van der Waals surface area contributed by atoms with Gasteiger partial charge in [-0.2, -0.15) is 5.26 Å². The van der Waals surface area contributed by atoms with Gasteiger partial charge in [0, 0.05) is 24.8 Å². The fourth-order valence-electron chi connectivity index (χ4n) is 1.54. The predicted molar refractivity (Wildman–Crippen MR) is 93.2 cm³/mol. The Bertz CT molecular complexity index is 711. The number of allylic oxidation sites excluding steroid dienone is 3. The largest absolute Gasteiger partial charge is 0.341 e. The molecule has 22 heavy (non-hydrogen) atoms. The molecule has 112 valence electrons. The highest BCUT2D eigenvalue weighted by molar-refractivity contribution is 5.98. The van der Waals surface area contributed by atoms with Gasteiger partial charge in [-0.25, -0.2) is 4.99 Å². The van der Waals surface area contributed by atoms with Gasteiger partial charge in [-0.1, -0.05) is 18.7 Å². The van der Waals surface area contributed by atoms with Crippen LogP contribution in [0.5, 0.6) is 0 Å². The fraction of sp³-hybridized carbons (Fsp3) is 0.222. The molecule has 0 aliphatic heterocycles. The highest BCUT2D eigenvalue weighted by atomic mass is 15.1. The van der Waals surface area contributed by atoms with Gasteiger partial charge >= 0.3 is 0 Å². The van der Waals surface area contributed by atoms with Gasteiger partial charge in [-0.05, 0) is 39.0 Å². The maximum absolute atomic E-state index is 8.95. The summed E-state index contributed by atoms with van der Waals surface area (Å²) in [6.07, 6.45) is 3.55. The van der Waals surface area contributed by atoms with Gasteiger partial charge in [0.15, 0.2) is 0 Å². The molecule has 1 rings (SSSR count). The Kier molecular flexibility index (Phi) is 6.56. The van der Waals surface area contributed by atoms with Crippen LogP contribution in [0.25, 0.3) is 0 Å². The van der Waals surface area contributed by atoms with Crippen LogP contribution >= 0.6 is 0 Å². The number of nitriles is 1. The summed E-state index contributed by atoms with van der Waals surface area (Å²) in [5, 5.41) is 8.95. The lowest BCUT2D eigenvalue weighted by molar-refractivity contribution is 1.11. The van der Waals surface area contributed by atoms with Crippen molar-refractivity contribution in [1.29, 1.82) is 5.26 Å². The van der Waals surface area contributed by atoms with Crippen molar-refractivity contribution < 1.29 is 0 Å². The molecule has 0 radical (unpaired) electrons. The van der Waals surface area contributed by atoms with Gasteiger partial charge in [0.05, 0.1) is 28.7 Å². The molecule has 0 saturated carbocycles. The van der Waals surface area contributed by atoms with Crippen LogP contribution in [0.3, 0.4) is 0 Å². The van der Waals surface area contributed by atoms with Crippen LogP contribution in [-0.4, -0.2) is 18.6 Å². The Labute approximate surface area is 132 Å². The van der Waals surface area contributed by atoms with Gasteiger partial charge in [0.1, 0.15) is 0 Å². The van der Waals surface area contributed by atoms with Crippen molar-refractivity contribution in [2.45, 2.75) is 20.8 Å². The molecule has 1 aromatic rings. The first kappa shape index (κ1) is 17.2. The van der Waals surface area contributed by atoms with E-state index in [4.69, 9.17) is 5.26 Å². The lowest BCUT2D eigenvalue weighted by atomic mass is 10.2. The molecule has 0 N–H and O–H groups in total. The summed E-state index contributed by atoms with van der Waals surface area (Å²) in [5.41, 5.74) is 3.65. The number of anilines is 1. The Hall–Kier alpha value is -2.89. The van der Waals surface area contributed by atoms with Crippen molar-refractivity contribution in [3.8, 4) is 6.07 Å². The van der Waals surface area contributed by atoms with Crippen molar-refractivity contribution >= 4 is 17.3 Å². The molecule has 1 aromatic carbocycles. The van der Waals surface area contributed by atoms with Crippen molar-refractivity contribution in [2.24, 2.45) is 9.98 Å². The van der Waals surface area contributed by atoms with Crippen LogP contribution in [0.1, 0.15) is 26.3 Å². The topological polar surface area (TPSA) is 51.8 Å². The molecular weight excluding hydrogens is 272 g/mol. The minimum absolute atomic E-state index is 0.566. The number of rotatable bonds is 5. The minimum atomic E-state index is 0.566. The summed E-state index contributed by atoms with van der Waals surface area (Å²) in [6, 6.07) is 9.50. The van der Waals surface area contributed by atoms with Crippen molar-refractivity contribution in [3.63, 3.8) is 0 Å². The zero-order valence-electron chi connectivity index (χ0n) is 13.5. The summed E-state index contributed by atoms with van der Waals surface area (Å²) < 4.78 is 0. The van der Waals surface area contributed by atoms with Crippen molar-refractivity contribution in [1.82, 2.24) is 0 Å². The summed E-state index contributed by atoms with van der Waals surface area (Å²) in [6.45, 7) is 9.52. The minimum Gasteiger partial charge on any atom is -0.341 e. The summed E-state index contributed by atoms with van der Waals surface area (Å²) in [5.74, 6) is 2.96. The zero-order valence-corrected chi connectivity index (χ0v) is 13.5. The first-order valence-corrected chi connectivity index (χ1v) is 6.88. The second-order valence-electron chi connectivity index (χ2n) is 4.67. The average molecular weight is 292 g/mol. The predicted octanol–water partition coefficient (Wildman–Crippen LogP) is 4.08. The molecule has 0 aliphatic rings. The third-order valence-corrected chi connectivity index (χ3v) is 3.05. The van der Waals surface area contributed by atoms with E-state index in [0.29, 0.717) is 11.3 Å². The number of hydrogen-bond donors (Lipinski definition) is 0. The van der Waals surface area contributed by atoms with Gasteiger partial charge in [0.2, 0.25) is 0 Å². The highest BCUT2D eigenvalue weighted by Gasteiger charge is 2.03. The third kappa shape index (κ3) is 4.90. The zero-order chi connectivity index (χ0) is 16.5. The molecule has 0 unspecified atom stereocenters. The van der Waals surface area contributed by atoms with Crippen LogP contribution in [-0.2, 0) is 0 Å². The third-order valence-electron chi connectivity index (χ3n) is 3.05. The summed E-state index contributed by atoms with van der Waals surface area (Å²) >= 11 is 0. The maximum atomic E-state index is 8.95. The number of aliphatic imine (C=N–C) groups is 2. The Morgan fingerprint density at radius 3 is 2.73 bits per heavy atom. The number of hydrogen-bond acceptors (Lipinski definition) is 4. The second kappa shape index (κ2) is 8.41. The molecule has 0 aromatic heterocycles. The molecule has 4 heteroatoms. The van der Waals surface area contributed by atoms with E-state index in [1.165, 1.54) is 0 Å². The smallest absolute Gasteiger partial charge is 0.0992 e. The van der Waals surface area contributed by atoms with Crippen LogP contribution in [0.15, 0.2) is 64.5 Å². The van der Waals surface area contributed by atoms with Crippen LogP contribution < -0.4 is 4.90 Å². The lowest BCUT2D eigenvalue weighted by Crippen LogP contribution is -2.14. The van der Waals surface area contributed by atoms with Gasteiger partial charge in [0.25, 0.3) is 0 Å². The molecule has 0 fully saturated rings. The van der Waals surface area contributed by atoms with Crippen LogP contribution in [0.4, 0.5) is 5.69 Å². The van der Waals surface area contributed by atoms with E-state index in [0.717, 1.165) is 17.1 Å². The maximum Gasteiger partial charge on any atom is 0.0992 e. The van der Waals surface area contributed by atoms with Gasteiger partial charge in [-0.3, -0.25) is 4.99 Å². The monoisotopic (exact) mass is 292 g/mol. The lowest BCUT2D eigenvalue weighted by Gasteiger charge is -2.17. The summed E-state index contributed by atoms with van der Waals surface area (Å²) in [7, 11) is 1.90. The van der Waals surface area contributed by atoms with E-state index in [-0.39, 0.29) is 0 Å². The molecule has 0 aliphatic carbocycles. The van der Waals surface area contributed by atoms with E-state index in [2.05, 4.69) is 28.5 Å². The molecular formula is C18H20N4. The first-order chi connectivity index (χ1) is 10.5. The fourth-order valence-corrected chi connectivity index (χ4v) is 1.54. The van der Waals surface area contributed by atoms with E-state index >= 15 is 0 Å². The second-order valence-corrected chi connectivity index (χ2v) is 4.67. The average Bonchev–Trinajstić information content (AvgIpc) is 2.56. The van der Waals surface area contributed by atoms with E-state index < -0.39 is 0 Å². The molecule has 0 amide bonds. The number of benzene rings is 1. The normalized spacial score (nSPS) is 10.8. The van der Waals surface area contributed by atoms with Gasteiger partial charge in [-0.15, -0.1) is 0 Å². The molecule has 0 saturated heterocycles. The standard InChI is InChI=1S/C18H20N4/c1-6-10-20-15(3)16(4)21-13-14(2)22(5)18-9-7-8-17(11-18)12-19/h6-11H,4H2,1-3,5H3/b10-6-,20-15+. The van der Waals surface area contributed by atoms with E-state index in [1.807, 2.05) is 57.0 Å². The van der Waals surface area contributed by atoms with E-state index in [1.54, 1.807) is 12.3 Å². The first-order valence-electron chi connectivity index (χ1n) is 6.88. The quantitative estimate of drug-likeness (QED) is 0.768. The van der Waals surface area contributed by atoms with Crippen molar-refractivity contribution in [3.05, 3.63) is 60.1 Å². The SMILES string of the molecule is C=C(N=C=C(C)N(C)c1cccc(C#N)c1)/C(C)=N/C=C\C. The Morgan fingerprint density at radius 2 is 2.09 bits per heavy atom. The summed E-state index contributed by atoms with van der Waals surface area (Å²) in [4.78, 5) is 10.3. The molecule has 4 nitrogen and oxygen atoms in total. The molecule has 0 atom stereocenters. The van der Waals surface area contributed by atoms with Crippen LogP contribution in [0, 0.1) is 11.3 Å². The van der Waals surface area contributed by atoms with Crippen LogP contribution in [0.2, 0.25) is 0 Å². The van der Waals surface area contributed by atoms with Crippen molar-refractivity contribution in [2.75, 3.05) is 11.9 Å². The number of nitrogens with zero attached hydrogens (tertiary/aromatic N) is 4. The van der Waals surface area contributed by atoms with Gasteiger partial charge < -0.3 is 4.90 Å². The molecule has 0 bridgehead atoms. The Balaban J connectivity index is 2.98. The molecule has 0 heterocycles. The highest BCUT2D eigenvalue weighted by Crippen LogP contribution is 2.17. The Morgan fingerprint density at radius 1 is 1.36 bits per heavy atom.